The molecule has 152 valence electrons. The third-order valence-electron chi connectivity index (χ3n) is 5.41. The summed E-state index contributed by atoms with van der Waals surface area (Å²) < 4.78 is 4.09. The number of amides is 1. The van der Waals surface area contributed by atoms with Gasteiger partial charge in [0.1, 0.15) is 0 Å². The van der Waals surface area contributed by atoms with Crippen LogP contribution in [0.4, 0.5) is 0 Å². The molecule has 0 radical (unpaired) electrons. The van der Waals surface area contributed by atoms with Gasteiger partial charge in [0.15, 0.2) is 11.0 Å². The van der Waals surface area contributed by atoms with E-state index in [-0.39, 0.29) is 5.91 Å². The number of nitrogens with zero attached hydrogens (tertiary/aromatic N) is 6. The maximum atomic E-state index is 12.6. The Kier molecular flexibility index (Phi) is 5.99. The SMILES string of the molecule is C=CCn1c(Cn2cnc3ccccc32)nnc1SCC(=O)N1CCC(C)CC1. The normalized spacial score (nSPS) is 15.1. The van der Waals surface area contributed by atoms with Crippen LogP contribution in [-0.4, -0.2) is 54.0 Å². The summed E-state index contributed by atoms with van der Waals surface area (Å²) in [6, 6.07) is 8.02. The first kappa shape index (κ1) is 19.7. The first-order valence-electron chi connectivity index (χ1n) is 9.99. The van der Waals surface area contributed by atoms with Crippen molar-refractivity contribution in [1.82, 2.24) is 29.2 Å². The van der Waals surface area contributed by atoms with Gasteiger partial charge in [0.05, 0.1) is 29.7 Å². The fourth-order valence-electron chi connectivity index (χ4n) is 3.62. The minimum Gasteiger partial charge on any atom is -0.342 e. The molecule has 0 atom stereocenters. The van der Waals surface area contributed by atoms with Gasteiger partial charge >= 0.3 is 0 Å². The van der Waals surface area contributed by atoms with E-state index >= 15 is 0 Å². The molecule has 3 aromatic rings. The number of para-hydroxylation sites is 2. The lowest BCUT2D eigenvalue weighted by Gasteiger charge is -2.30. The average Bonchev–Trinajstić information content (AvgIpc) is 3.32. The number of hydrogen-bond acceptors (Lipinski definition) is 5. The van der Waals surface area contributed by atoms with Gasteiger partial charge in [0, 0.05) is 19.6 Å². The molecule has 7 nitrogen and oxygen atoms in total. The van der Waals surface area contributed by atoms with Crippen molar-refractivity contribution in [3.8, 4) is 0 Å². The summed E-state index contributed by atoms with van der Waals surface area (Å²) >= 11 is 1.45. The Balaban J connectivity index is 1.46. The zero-order valence-corrected chi connectivity index (χ0v) is 17.5. The van der Waals surface area contributed by atoms with Crippen molar-refractivity contribution in [2.45, 2.75) is 38.0 Å². The van der Waals surface area contributed by atoms with Crippen molar-refractivity contribution in [2.75, 3.05) is 18.8 Å². The minimum absolute atomic E-state index is 0.178. The summed E-state index contributed by atoms with van der Waals surface area (Å²) in [5.74, 6) is 2.11. The second kappa shape index (κ2) is 8.82. The van der Waals surface area contributed by atoms with Crippen LogP contribution in [0.2, 0.25) is 0 Å². The van der Waals surface area contributed by atoms with Crippen LogP contribution < -0.4 is 0 Å². The van der Waals surface area contributed by atoms with Crippen LogP contribution in [0.15, 0.2) is 48.4 Å². The Hall–Kier alpha value is -2.61. The van der Waals surface area contributed by atoms with Crippen LogP contribution in [0.25, 0.3) is 11.0 Å². The molecule has 29 heavy (non-hydrogen) atoms. The fraction of sp³-hybridized carbons (Fsp3) is 0.429. The second-order valence-corrected chi connectivity index (χ2v) is 8.45. The molecular formula is C21H26N6OS. The van der Waals surface area contributed by atoms with Crippen LogP contribution in [-0.2, 0) is 17.9 Å². The van der Waals surface area contributed by atoms with Gasteiger partial charge in [0.25, 0.3) is 0 Å². The molecule has 0 bridgehead atoms. The molecule has 8 heteroatoms. The molecule has 1 aliphatic heterocycles. The molecule has 1 fully saturated rings. The highest BCUT2D eigenvalue weighted by atomic mass is 32.2. The standard InChI is InChI=1S/C21H26N6OS/c1-3-10-27-19(13-26-15-22-17-6-4-5-7-18(17)26)23-24-21(27)29-14-20(28)25-11-8-16(2)9-12-25/h3-7,15-16H,1,8-14H2,2H3. The van der Waals surface area contributed by atoms with Gasteiger partial charge in [-0.3, -0.25) is 4.79 Å². The van der Waals surface area contributed by atoms with Crippen LogP contribution in [0.5, 0.6) is 0 Å². The predicted molar refractivity (Wildman–Crippen MR) is 115 cm³/mol. The van der Waals surface area contributed by atoms with Gasteiger partial charge < -0.3 is 14.0 Å². The van der Waals surface area contributed by atoms with Crippen molar-refractivity contribution in [2.24, 2.45) is 5.92 Å². The highest BCUT2D eigenvalue weighted by Gasteiger charge is 2.21. The van der Waals surface area contributed by atoms with Crippen molar-refractivity contribution in [3.05, 3.63) is 49.1 Å². The molecule has 0 N–H and O–H groups in total. The van der Waals surface area contributed by atoms with Crippen molar-refractivity contribution >= 4 is 28.7 Å². The van der Waals surface area contributed by atoms with Crippen molar-refractivity contribution < 1.29 is 4.79 Å². The zero-order valence-electron chi connectivity index (χ0n) is 16.7. The van der Waals surface area contributed by atoms with Gasteiger partial charge in [-0.2, -0.15) is 0 Å². The Bertz CT molecular complexity index is 1000. The summed E-state index contributed by atoms with van der Waals surface area (Å²) in [5, 5.41) is 9.49. The lowest BCUT2D eigenvalue weighted by Crippen LogP contribution is -2.38. The summed E-state index contributed by atoms with van der Waals surface area (Å²) in [7, 11) is 0. The van der Waals surface area contributed by atoms with E-state index in [2.05, 4.69) is 33.3 Å². The predicted octanol–water partition coefficient (Wildman–Crippen LogP) is 3.21. The molecule has 3 heterocycles. The molecular weight excluding hydrogens is 384 g/mol. The van der Waals surface area contributed by atoms with E-state index in [4.69, 9.17) is 0 Å². The summed E-state index contributed by atoms with van der Waals surface area (Å²) in [6.45, 7) is 9.00. The highest BCUT2D eigenvalue weighted by Crippen LogP contribution is 2.22. The second-order valence-electron chi connectivity index (χ2n) is 7.51. The number of thioether (sulfide) groups is 1. The summed E-state index contributed by atoms with van der Waals surface area (Å²) in [5.41, 5.74) is 2.02. The molecule has 1 aliphatic rings. The molecule has 4 rings (SSSR count). The molecule has 0 unspecified atom stereocenters. The van der Waals surface area contributed by atoms with E-state index in [1.165, 1.54) is 11.8 Å². The lowest BCUT2D eigenvalue weighted by atomic mass is 9.99. The van der Waals surface area contributed by atoms with Gasteiger partial charge in [0.2, 0.25) is 5.91 Å². The van der Waals surface area contributed by atoms with Gasteiger partial charge in [-0.05, 0) is 30.9 Å². The number of hydrogen-bond donors (Lipinski definition) is 0. The minimum atomic E-state index is 0.178. The molecule has 0 aliphatic carbocycles. The number of fused-ring (bicyclic) bond motifs is 1. The fourth-order valence-corrected chi connectivity index (χ4v) is 4.49. The van der Waals surface area contributed by atoms with Crippen LogP contribution in [0.1, 0.15) is 25.6 Å². The number of allylic oxidation sites excluding steroid dienone is 1. The number of aromatic nitrogens is 5. The molecule has 0 saturated carbocycles. The quantitative estimate of drug-likeness (QED) is 0.442. The number of rotatable bonds is 7. The van der Waals surface area contributed by atoms with E-state index in [0.29, 0.717) is 24.8 Å². The van der Waals surface area contributed by atoms with E-state index in [1.807, 2.05) is 46.1 Å². The first-order valence-corrected chi connectivity index (χ1v) is 11.0. The first-order chi connectivity index (χ1) is 14.2. The van der Waals surface area contributed by atoms with Crippen molar-refractivity contribution in [3.63, 3.8) is 0 Å². The van der Waals surface area contributed by atoms with Crippen molar-refractivity contribution in [1.29, 1.82) is 0 Å². The number of carbonyl (C=O) groups excluding carboxylic acids is 1. The topological polar surface area (TPSA) is 68.8 Å². The molecule has 2 aromatic heterocycles. The van der Waals surface area contributed by atoms with E-state index in [9.17, 15) is 4.79 Å². The third kappa shape index (κ3) is 4.37. The summed E-state index contributed by atoms with van der Waals surface area (Å²) in [4.78, 5) is 19.0. The number of benzene rings is 1. The number of likely N-dealkylation sites (tertiary alicyclic amines) is 1. The number of piperidine rings is 1. The van der Waals surface area contributed by atoms with Gasteiger partial charge in [-0.15, -0.1) is 16.8 Å². The number of imidazole rings is 1. The maximum Gasteiger partial charge on any atom is 0.233 e. The highest BCUT2D eigenvalue weighted by molar-refractivity contribution is 7.99. The zero-order chi connectivity index (χ0) is 20.2. The Morgan fingerprint density at radius 3 is 2.86 bits per heavy atom. The largest absolute Gasteiger partial charge is 0.342 e. The Morgan fingerprint density at radius 2 is 2.07 bits per heavy atom. The monoisotopic (exact) mass is 410 g/mol. The van der Waals surface area contributed by atoms with Crippen LogP contribution >= 0.6 is 11.8 Å². The van der Waals surface area contributed by atoms with Gasteiger partial charge in [-0.25, -0.2) is 4.98 Å². The lowest BCUT2D eigenvalue weighted by molar-refractivity contribution is -0.129. The molecule has 1 amide bonds. The smallest absolute Gasteiger partial charge is 0.233 e. The average molecular weight is 411 g/mol. The molecule has 1 aromatic carbocycles. The van der Waals surface area contributed by atoms with Crippen LogP contribution in [0, 0.1) is 5.92 Å². The maximum absolute atomic E-state index is 12.6. The van der Waals surface area contributed by atoms with E-state index < -0.39 is 0 Å². The summed E-state index contributed by atoms with van der Waals surface area (Å²) in [6.07, 6.45) is 5.83. The Morgan fingerprint density at radius 1 is 1.28 bits per heavy atom. The molecule has 0 spiro atoms. The van der Waals surface area contributed by atoms with E-state index in [0.717, 1.165) is 47.9 Å². The Labute approximate surface area is 174 Å². The van der Waals surface area contributed by atoms with Gasteiger partial charge in [-0.1, -0.05) is 36.9 Å². The van der Waals surface area contributed by atoms with E-state index in [1.54, 1.807) is 0 Å². The molecule has 1 saturated heterocycles. The number of carbonyl (C=O) groups is 1. The third-order valence-corrected chi connectivity index (χ3v) is 6.36. The van der Waals surface area contributed by atoms with Crippen LogP contribution in [0.3, 0.4) is 0 Å².